The highest BCUT2D eigenvalue weighted by molar-refractivity contribution is 9.10. The number of carbonyl (C=O) groups excluding carboxylic acids is 1. The predicted octanol–water partition coefficient (Wildman–Crippen LogP) is 4.71. The number of amides is 1. The summed E-state index contributed by atoms with van der Waals surface area (Å²) >= 11 is 3.48. The van der Waals surface area contributed by atoms with Gasteiger partial charge in [0.15, 0.2) is 0 Å². The van der Waals surface area contributed by atoms with Gasteiger partial charge < -0.3 is 4.90 Å². The molecule has 2 atom stereocenters. The van der Waals surface area contributed by atoms with Crippen molar-refractivity contribution in [2.24, 2.45) is 5.92 Å². The van der Waals surface area contributed by atoms with Gasteiger partial charge >= 0.3 is 0 Å². The molecule has 0 radical (unpaired) electrons. The topological polar surface area (TPSA) is 23.6 Å². The summed E-state index contributed by atoms with van der Waals surface area (Å²) in [7, 11) is 2.28. The maximum atomic E-state index is 13.5. The molecule has 3 nitrogen and oxygen atoms in total. The molecule has 3 aliphatic rings. The van der Waals surface area contributed by atoms with Crippen LogP contribution in [0.15, 0.2) is 28.7 Å². The van der Waals surface area contributed by atoms with Crippen molar-refractivity contribution in [1.82, 2.24) is 9.80 Å². The normalized spacial score (nSPS) is 29.9. The summed E-state index contributed by atoms with van der Waals surface area (Å²) in [5.74, 6) is 0.969. The summed E-state index contributed by atoms with van der Waals surface area (Å²) < 4.78 is 1.03. The van der Waals surface area contributed by atoms with Crippen molar-refractivity contribution in [3.8, 4) is 0 Å². The Hall–Kier alpha value is -0.870. The third-order valence-corrected chi connectivity index (χ3v) is 7.23. The molecule has 0 bridgehead atoms. The Labute approximate surface area is 159 Å². The minimum atomic E-state index is 0.220. The summed E-state index contributed by atoms with van der Waals surface area (Å²) in [5.41, 5.74) is 1.06. The quantitative estimate of drug-likeness (QED) is 0.725. The molecule has 1 aromatic rings. The molecule has 1 aromatic carbocycles. The zero-order valence-electron chi connectivity index (χ0n) is 15.2. The lowest BCUT2D eigenvalue weighted by Gasteiger charge is -2.51. The number of halogens is 1. The van der Waals surface area contributed by atoms with E-state index in [0.29, 0.717) is 6.04 Å². The predicted molar refractivity (Wildman–Crippen MR) is 105 cm³/mol. The molecule has 25 heavy (non-hydrogen) atoms. The van der Waals surface area contributed by atoms with Gasteiger partial charge in [-0.25, -0.2) is 0 Å². The minimum Gasteiger partial charge on any atom is -0.334 e. The fourth-order valence-electron chi connectivity index (χ4n) is 5.11. The summed E-state index contributed by atoms with van der Waals surface area (Å²) in [6.45, 7) is 2.13. The van der Waals surface area contributed by atoms with Crippen LogP contribution < -0.4 is 0 Å². The number of carbonyl (C=O) groups is 1. The van der Waals surface area contributed by atoms with E-state index >= 15 is 0 Å². The molecule has 4 rings (SSSR count). The first-order valence-corrected chi connectivity index (χ1v) is 10.7. The van der Waals surface area contributed by atoms with Crippen LogP contribution in [0.5, 0.6) is 0 Å². The van der Waals surface area contributed by atoms with Gasteiger partial charge in [-0.2, -0.15) is 0 Å². The highest BCUT2D eigenvalue weighted by atomic mass is 79.9. The van der Waals surface area contributed by atoms with Crippen LogP contribution in [-0.2, 0) is 0 Å². The van der Waals surface area contributed by atoms with Gasteiger partial charge in [0.05, 0.1) is 6.04 Å². The molecule has 0 N–H and O–H groups in total. The Bertz CT molecular complexity index is 627. The van der Waals surface area contributed by atoms with Crippen LogP contribution in [0.25, 0.3) is 0 Å². The van der Waals surface area contributed by atoms with Gasteiger partial charge in [-0.15, -0.1) is 0 Å². The van der Waals surface area contributed by atoms with Crippen LogP contribution in [0.2, 0.25) is 0 Å². The largest absolute Gasteiger partial charge is 0.334 e. The molecule has 1 heterocycles. The summed E-state index contributed by atoms with van der Waals surface area (Å²) in [5, 5.41) is 0. The zero-order chi connectivity index (χ0) is 17.4. The van der Waals surface area contributed by atoms with Crippen LogP contribution in [0.4, 0.5) is 0 Å². The number of hydrogen-bond donors (Lipinski definition) is 0. The Morgan fingerprint density at radius 1 is 1.16 bits per heavy atom. The fourth-order valence-corrected chi connectivity index (χ4v) is 5.38. The highest BCUT2D eigenvalue weighted by Crippen LogP contribution is 2.44. The number of likely N-dealkylation sites (tertiary alicyclic amines) is 1. The van der Waals surface area contributed by atoms with E-state index in [1.54, 1.807) is 0 Å². The molecule has 0 unspecified atom stereocenters. The maximum Gasteiger partial charge on any atom is 0.254 e. The van der Waals surface area contributed by atoms with Crippen molar-refractivity contribution in [1.29, 1.82) is 0 Å². The Kier molecular flexibility index (Phi) is 4.93. The van der Waals surface area contributed by atoms with Gasteiger partial charge in [0, 0.05) is 22.1 Å². The molecule has 4 heteroatoms. The lowest BCUT2D eigenvalue weighted by molar-refractivity contribution is 0.00508. The molecule has 2 saturated carbocycles. The van der Waals surface area contributed by atoms with Gasteiger partial charge in [0.2, 0.25) is 0 Å². The number of benzene rings is 1. The van der Waals surface area contributed by atoms with Crippen LogP contribution in [0, 0.1) is 5.92 Å². The van der Waals surface area contributed by atoms with E-state index in [1.807, 2.05) is 24.3 Å². The number of nitrogens with zero attached hydrogens (tertiary/aromatic N) is 2. The molecule has 0 aromatic heterocycles. The van der Waals surface area contributed by atoms with E-state index in [0.717, 1.165) is 22.5 Å². The van der Waals surface area contributed by atoms with E-state index in [2.05, 4.69) is 32.8 Å². The van der Waals surface area contributed by atoms with Crippen molar-refractivity contribution in [2.45, 2.75) is 62.9 Å². The first-order valence-electron chi connectivity index (χ1n) is 9.88. The van der Waals surface area contributed by atoms with Gasteiger partial charge in [0.1, 0.15) is 0 Å². The minimum absolute atomic E-state index is 0.220. The first kappa shape index (κ1) is 17.5. The Morgan fingerprint density at radius 2 is 1.88 bits per heavy atom. The molecular formula is C21H29BrN2O. The number of likely N-dealkylation sites (N-methyl/N-ethyl adjacent to an activating group) is 1. The van der Waals surface area contributed by atoms with Crippen LogP contribution in [0.1, 0.15) is 61.7 Å². The second-order valence-corrected chi connectivity index (χ2v) is 9.21. The van der Waals surface area contributed by atoms with Gasteiger partial charge in [-0.3, -0.25) is 9.69 Å². The molecule has 2 aliphatic carbocycles. The number of hydrogen-bond acceptors (Lipinski definition) is 2. The maximum absolute atomic E-state index is 13.5. The summed E-state index contributed by atoms with van der Waals surface area (Å²) in [6, 6.07) is 8.30. The average Bonchev–Trinajstić information content (AvgIpc) is 3.38. The van der Waals surface area contributed by atoms with E-state index in [9.17, 15) is 4.79 Å². The van der Waals surface area contributed by atoms with Crippen LogP contribution >= 0.6 is 15.9 Å². The van der Waals surface area contributed by atoms with Gasteiger partial charge in [-0.05, 0) is 82.3 Å². The standard InChI is InChI=1S/C21H29BrN2O/c1-23-14-4-13-21(23)12-3-2-5-19(21)24(15-16-6-7-16)20(25)17-8-10-18(22)11-9-17/h8-11,16,19H,2-7,12-15H2,1H3/t19-,21+/m0/s1. The highest BCUT2D eigenvalue weighted by Gasteiger charge is 2.50. The van der Waals surface area contributed by atoms with Crippen molar-refractivity contribution in [2.75, 3.05) is 20.1 Å². The Balaban J connectivity index is 1.65. The smallest absolute Gasteiger partial charge is 0.254 e. The lowest BCUT2D eigenvalue weighted by Crippen LogP contribution is -2.61. The van der Waals surface area contributed by atoms with Gasteiger partial charge in [0.25, 0.3) is 5.91 Å². The Morgan fingerprint density at radius 3 is 2.52 bits per heavy atom. The summed E-state index contributed by atoms with van der Waals surface area (Å²) in [6.07, 6.45) is 10.1. The van der Waals surface area contributed by atoms with Crippen molar-refractivity contribution in [3.63, 3.8) is 0 Å². The fraction of sp³-hybridized carbons (Fsp3) is 0.667. The summed E-state index contributed by atoms with van der Waals surface area (Å²) in [4.78, 5) is 18.3. The molecular weight excluding hydrogens is 376 g/mol. The van der Waals surface area contributed by atoms with Crippen LogP contribution in [0.3, 0.4) is 0 Å². The van der Waals surface area contributed by atoms with Crippen molar-refractivity contribution >= 4 is 21.8 Å². The first-order chi connectivity index (χ1) is 12.1. The third kappa shape index (κ3) is 3.40. The average molecular weight is 405 g/mol. The monoisotopic (exact) mass is 404 g/mol. The molecule has 136 valence electrons. The lowest BCUT2D eigenvalue weighted by atomic mass is 9.74. The molecule has 3 fully saturated rings. The van der Waals surface area contributed by atoms with E-state index in [4.69, 9.17) is 0 Å². The second kappa shape index (κ2) is 7.03. The van der Waals surface area contributed by atoms with E-state index < -0.39 is 0 Å². The van der Waals surface area contributed by atoms with E-state index in [-0.39, 0.29) is 11.4 Å². The number of rotatable bonds is 4. The van der Waals surface area contributed by atoms with E-state index in [1.165, 1.54) is 57.9 Å². The molecule has 1 spiro atoms. The van der Waals surface area contributed by atoms with Crippen molar-refractivity contribution in [3.05, 3.63) is 34.3 Å². The van der Waals surface area contributed by atoms with Crippen molar-refractivity contribution < 1.29 is 4.79 Å². The zero-order valence-corrected chi connectivity index (χ0v) is 16.8. The molecule has 1 amide bonds. The van der Waals surface area contributed by atoms with Crippen LogP contribution in [-0.4, -0.2) is 47.4 Å². The molecule has 1 saturated heterocycles. The SMILES string of the molecule is CN1CCC[C@@]12CCCC[C@@H]2N(CC1CC1)C(=O)c1ccc(Br)cc1. The van der Waals surface area contributed by atoms with Gasteiger partial charge in [-0.1, -0.05) is 28.8 Å². The third-order valence-electron chi connectivity index (χ3n) is 6.70. The molecule has 1 aliphatic heterocycles. The second-order valence-electron chi connectivity index (χ2n) is 8.30.